The molecule has 82 valence electrons. The third-order valence-electron chi connectivity index (χ3n) is 3.12. The monoisotopic (exact) mass is 218 g/mol. The molecule has 1 aliphatic carbocycles. The van der Waals surface area contributed by atoms with Crippen LogP contribution in [0.15, 0.2) is 0 Å². The van der Waals surface area contributed by atoms with Crippen molar-refractivity contribution in [2.45, 2.75) is 25.8 Å². The predicted molar refractivity (Wildman–Crippen MR) is 55.5 cm³/mol. The van der Waals surface area contributed by atoms with Crippen LogP contribution in [-0.4, -0.2) is 44.2 Å². The number of piperazine rings is 1. The quantitative estimate of drug-likeness (QED) is 0.726. The number of rotatable bonds is 3. The molecule has 0 spiro atoms. The van der Waals surface area contributed by atoms with E-state index in [1.54, 1.807) is 11.2 Å². The van der Waals surface area contributed by atoms with E-state index in [0.29, 0.717) is 19.1 Å². The molecule has 1 heterocycles. The minimum atomic E-state index is -2.97. The molecule has 0 bridgehead atoms. The van der Waals surface area contributed by atoms with Crippen LogP contribution in [0.1, 0.15) is 19.8 Å². The van der Waals surface area contributed by atoms with E-state index in [1.807, 2.05) is 0 Å². The first kappa shape index (κ1) is 10.4. The van der Waals surface area contributed by atoms with E-state index in [0.717, 1.165) is 12.5 Å². The third-order valence-corrected chi connectivity index (χ3v) is 4.97. The van der Waals surface area contributed by atoms with E-state index in [-0.39, 0.29) is 5.75 Å². The molecule has 0 aromatic carbocycles. The standard InChI is InChI=1S/C9H18N2O2S/c1-2-14(12,13)11-6-5-10-9(7-11)8-3-4-8/h8-10H,2-7H2,1H3. The van der Waals surface area contributed by atoms with Gasteiger partial charge in [0, 0.05) is 25.7 Å². The second-order valence-corrected chi connectivity index (χ2v) is 6.41. The molecule has 4 nitrogen and oxygen atoms in total. The molecule has 0 amide bonds. The van der Waals surface area contributed by atoms with Gasteiger partial charge >= 0.3 is 0 Å². The maximum absolute atomic E-state index is 11.6. The molecule has 1 saturated carbocycles. The topological polar surface area (TPSA) is 49.4 Å². The normalized spacial score (nSPS) is 30.5. The van der Waals surface area contributed by atoms with Gasteiger partial charge in [-0.25, -0.2) is 8.42 Å². The SMILES string of the molecule is CCS(=O)(=O)N1CCNC(C2CC2)C1. The summed E-state index contributed by atoms with van der Waals surface area (Å²) in [7, 11) is -2.97. The van der Waals surface area contributed by atoms with E-state index in [2.05, 4.69) is 5.32 Å². The number of hydrogen-bond acceptors (Lipinski definition) is 3. The molecule has 2 aliphatic rings. The van der Waals surface area contributed by atoms with Crippen LogP contribution in [0.4, 0.5) is 0 Å². The van der Waals surface area contributed by atoms with E-state index < -0.39 is 10.0 Å². The zero-order valence-corrected chi connectivity index (χ0v) is 9.39. The Balaban J connectivity index is 1.99. The van der Waals surface area contributed by atoms with Gasteiger partial charge in [-0.2, -0.15) is 4.31 Å². The van der Waals surface area contributed by atoms with Crippen LogP contribution in [0, 0.1) is 5.92 Å². The summed E-state index contributed by atoms with van der Waals surface area (Å²) in [6.45, 7) is 3.84. The van der Waals surface area contributed by atoms with Crippen LogP contribution in [0.2, 0.25) is 0 Å². The lowest BCUT2D eigenvalue weighted by atomic mass is 10.1. The smallest absolute Gasteiger partial charge is 0.213 e. The van der Waals surface area contributed by atoms with E-state index >= 15 is 0 Å². The summed E-state index contributed by atoms with van der Waals surface area (Å²) in [5, 5.41) is 3.40. The number of sulfonamides is 1. The molecule has 1 unspecified atom stereocenters. The molecule has 5 heteroatoms. The maximum atomic E-state index is 11.6. The van der Waals surface area contributed by atoms with Crippen LogP contribution < -0.4 is 5.32 Å². The van der Waals surface area contributed by atoms with Gasteiger partial charge in [-0.3, -0.25) is 0 Å². The number of nitrogens with zero attached hydrogens (tertiary/aromatic N) is 1. The zero-order valence-electron chi connectivity index (χ0n) is 8.57. The largest absolute Gasteiger partial charge is 0.311 e. The van der Waals surface area contributed by atoms with Crippen LogP contribution in [0.5, 0.6) is 0 Å². The second kappa shape index (κ2) is 3.79. The highest BCUT2D eigenvalue weighted by atomic mass is 32.2. The molecule has 1 saturated heterocycles. The zero-order chi connectivity index (χ0) is 10.2. The van der Waals surface area contributed by atoms with E-state index in [4.69, 9.17) is 0 Å². The molecule has 2 fully saturated rings. The lowest BCUT2D eigenvalue weighted by molar-refractivity contribution is 0.280. The van der Waals surface area contributed by atoms with Gasteiger partial charge in [-0.05, 0) is 25.7 Å². The summed E-state index contributed by atoms with van der Waals surface area (Å²) in [5.74, 6) is 0.953. The van der Waals surface area contributed by atoms with Crippen molar-refractivity contribution in [3.05, 3.63) is 0 Å². The first-order chi connectivity index (χ1) is 6.63. The van der Waals surface area contributed by atoms with Gasteiger partial charge < -0.3 is 5.32 Å². The van der Waals surface area contributed by atoms with Gasteiger partial charge in [0.05, 0.1) is 5.75 Å². The van der Waals surface area contributed by atoms with E-state index in [1.165, 1.54) is 12.8 Å². The van der Waals surface area contributed by atoms with Crippen molar-refractivity contribution in [2.24, 2.45) is 5.92 Å². The van der Waals surface area contributed by atoms with Gasteiger partial charge in [0.15, 0.2) is 0 Å². The van der Waals surface area contributed by atoms with Gasteiger partial charge in [0.25, 0.3) is 0 Å². The molecule has 14 heavy (non-hydrogen) atoms. The lowest BCUT2D eigenvalue weighted by Gasteiger charge is -2.32. The second-order valence-electron chi connectivity index (χ2n) is 4.16. The Bertz CT molecular complexity index is 298. The Morgan fingerprint density at radius 1 is 1.43 bits per heavy atom. The molecule has 0 aromatic rings. The van der Waals surface area contributed by atoms with Crippen molar-refractivity contribution in [3.63, 3.8) is 0 Å². The van der Waals surface area contributed by atoms with Crippen LogP contribution in [0.25, 0.3) is 0 Å². The fourth-order valence-corrected chi connectivity index (χ4v) is 3.12. The average Bonchev–Trinajstić information content (AvgIpc) is 3.01. The lowest BCUT2D eigenvalue weighted by Crippen LogP contribution is -2.53. The van der Waals surface area contributed by atoms with Crippen molar-refractivity contribution >= 4 is 10.0 Å². The van der Waals surface area contributed by atoms with Gasteiger partial charge in [0.2, 0.25) is 10.0 Å². The highest BCUT2D eigenvalue weighted by Crippen LogP contribution is 2.33. The van der Waals surface area contributed by atoms with Gasteiger partial charge in [-0.1, -0.05) is 0 Å². The highest BCUT2D eigenvalue weighted by molar-refractivity contribution is 7.89. The van der Waals surface area contributed by atoms with Crippen molar-refractivity contribution in [1.82, 2.24) is 9.62 Å². The van der Waals surface area contributed by atoms with Crippen LogP contribution in [0.3, 0.4) is 0 Å². The third kappa shape index (κ3) is 2.10. The Labute approximate surface area is 85.7 Å². The predicted octanol–water partition coefficient (Wildman–Crippen LogP) is 0.0199. The molecule has 2 rings (SSSR count). The minimum Gasteiger partial charge on any atom is -0.311 e. The summed E-state index contributed by atoms with van der Waals surface area (Å²) in [4.78, 5) is 0. The van der Waals surface area contributed by atoms with Gasteiger partial charge in [-0.15, -0.1) is 0 Å². The van der Waals surface area contributed by atoms with Crippen molar-refractivity contribution < 1.29 is 8.42 Å². The molecule has 1 N–H and O–H groups in total. The van der Waals surface area contributed by atoms with E-state index in [9.17, 15) is 8.42 Å². The van der Waals surface area contributed by atoms with Crippen LogP contribution in [-0.2, 0) is 10.0 Å². The number of hydrogen-bond donors (Lipinski definition) is 1. The Kier molecular flexibility index (Phi) is 2.81. The Morgan fingerprint density at radius 2 is 2.14 bits per heavy atom. The first-order valence-electron chi connectivity index (χ1n) is 5.34. The molecule has 0 radical (unpaired) electrons. The van der Waals surface area contributed by atoms with Crippen molar-refractivity contribution in [3.8, 4) is 0 Å². The summed E-state index contributed by atoms with van der Waals surface area (Å²) in [6, 6.07) is 0.407. The molecule has 0 aromatic heterocycles. The molecule has 1 aliphatic heterocycles. The summed E-state index contributed by atoms with van der Waals surface area (Å²) in [5.41, 5.74) is 0. The molecule has 1 atom stereocenters. The van der Waals surface area contributed by atoms with Crippen molar-refractivity contribution in [1.29, 1.82) is 0 Å². The average molecular weight is 218 g/mol. The molecular formula is C9H18N2O2S. The fourth-order valence-electron chi connectivity index (χ4n) is 2.00. The Hall–Kier alpha value is -0.130. The van der Waals surface area contributed by atoms with Crippen molar-refractivity contribution in [2.75, 3.05) is 25.4 Å². The van der Waals surface area contributed by atoms with Gasteiger partial charge in [0.1, 0.15) is 0 Å². The summed E-state index contributed by atoms with van der Waals surface area (Å²) < 4.78 is 24.9. The summed E-state index contributed by atoms with van der Waals surface area (Å²) >= 11 is 0. The molecular weight excluding hydrogens is 200 g/mol. The minimum absolute atomic E-state index is 0.227. The summed E-state index contributed by atoms with van der Waals surface area (Å²) in [6.07, 6.45) is 2.52. The fraction of sp³-hybridized carbons (Fsp3) is 1.00. The highest BCUT2D eigenvalue weighted by Gasteiger charge is 2.36. The number of nitrogens with one attached hydrogen (secondary N) is 1. The maximum Gasteiger partial charge on any atom is 0.213 e. The van der Waals surface area contributed by atoms with Crippen LogP contribution >= 0.6 is 0 Å². The first-order valence-corrected chi connectivity index (χ1v) is 6.95. The Morgan fingerprint density at radius 3 is 2.71 bits per heavy atom.